The third-order valence-corrected chi connectivity index (χ3v) is 3.38. The SMILES string of the molecule is C[C@@H]1CCC[N+](C)(CC(=O)Nc2ccon2)C1. The van der Waals surface area contributed by atoms with Crippen molar-refractivity contribution in [1.82, 2.24) is 5.16 Å². The van der Waals surface area contributed by atoms with Crippen LogP contribution in [-0.2, 0) is 4.79 Å². The van der Waals surface area contributed by atoms with Crippen LogP contribution in [0.25, 0.3) is 0 Å². The normalized spacial score (nSPS) is 28.9. The Labute approximate surface area is 101 Å². The predicted molar refractivity (Wildman–Crippen MR) is 64.3 cm³/mol. The van der Waals surface area contributed by atoms with E-state index in [0.717, 1.165) is 17.6 Å². The largest absolute Gasteiger partial charge is 0.363 e. The molecule has 0 spiro atoms. The van der Waals surface area contributed by atoms with Crippen LogP contribution in [-0.4, -0.2) is 42.2 Å². The van der Waals surface area contributed by atoms with E-state index in [1.165, 1.54) is 19.1 Å². The molecule has 1 N–H and O–H groups in total. The van der Waals surface area contributed by atoms with Gasteiger partial charge in [-0.05, 0) is 12.8 Å². The van der Waals surface area contributed by atoms with Gasteiger partial charge >= 0.3 is 0 Å². The summed E-state index contributed by atoms with van der Waals surface area (Å²) in [6.07, 6.45) is 3.93. The van der Waals surface area contributed by atoms with Gasteiger partial charge in [-0.25, -0.2) is 0 Å². The summed E-state index contributed by atoms with van der Waals surface area (Å²) in [6.45, 7) is 4.92. The first-order valence-corrected chi connectivity index (χ1v) is 6.11. The molecule has 2 atom stereocenters. The van der Waals surface area contributed by atoms with E-state index >= 15 is 0 Å². The molecule has 5 heteroatoms. The fraction of sp³-hybridized carbons (Fsp3) is 0.667. The number of rotatable bonds is 3. The van der Waals surface area contributed by atoms with E-state index in [1.807, 2.05) is 0 Å². The molecule has 1 aromatic rings. The summed E-state index contributed by atoms with van der Waals surface area (Å²) in [7, 11) is 2.15. The highest BCUT2D eigenvalue weighted by molar-refractivity contribution is 5.90. The van der Waals surface area contributed by atoms with Gasteiger partial charge < -0.3 is 14.3 Å². The zero-order valence-corrected chi connectivity index (χ0v) is 10.5. The lowest BCUT2D eigenvalue weighted by atomic mass is 9.98. The Balaban J connectivity index is 1.89. The zero-order valence-electron chi connectivity index (χ0n) is 10.5. The Hall–Kier alpha value is -1.36. The van der Waals surface area contributed by atoms with Crippen molar-refractivity contribution in [3.63, 3.8) is 0 Å². The van der Waals surface area contributed by atoms with Crippen LogP contribution in [0.1, 0.15) is 19.8 Å². The van der Waals surface area contributed by atoms with E-state index in [9.17, 15) is 4.79 Å². The molecule has 0 aromatic carbocycles. The molecule has 0 aliphatic carbocycles. The molecule has 94 valence electrons. The summed E-state index contributed by atoms with van der Waals surface area (Å²) < 4.78 is 5.50. The summed E-state index contributed by atoms with van der Waals surface area (Å²) in [5.74, 6) is 1.20. The predicted octanol–water partition coefficient (Wildman–Crippen LogP) is 1.49. The fourth-order valence-electron chi connectivity index (χ4n) is 2.71. The van der Waals surface area contributed by atoms with E-state index < -0.39 is 0 Å². The van der Waals surface area contributed by atoms with Crippen LogP contribution >= 0.6 is 0 Å². The van der Waals surface area contributed by atoms with Crippen LogP contribution in [0.3, 0.4) is 0 Å². The standard InChI is InChI=1S/C12H19N3O2/c1-10-4-3-6-15(2,8-10)9-12(16)13-11-5-7-17-14-11/h5,7,10H,3-4,6,8-9H2,1-2H3/p+1/t10-,15?/m1/s1. The van der Waals surface area contributed by atoms with Crippen LogP contribution in [0.15, 0.2) is 16.9 Å². The van der Waals surface area contributed by atoms with E-state index in [0.29, 0.717) is 18.3 Å². The van der Waals surface area contributed by atoms with Gasteiger partial charge in [0.1, 0.15) is 6.26 Å². The summed E-state index contributed by atoms with van der Waals surface area (Å²) in [4.78, 5) is 11.9. The maximum atomic E-state index is 11.9. The molecular formula is C12H20N3O2+. The molecular weight excluding hydrogens is 218 g/mol. The van der Waals surface area contributed by atoms with Crippen LogP contribution in [0.2, 0.25) is 0 Å². The van der Waals surface area contributed by atoms with Crippen LogP contribution in [0, 0.1) is 5.92 Å². The number of anilines is 1. The number of likely N-dealkylation sites (tertiary alicyclic amines) is 1. The highest BCUT2D eigenvalue weighted by atomic mass is 16.5. The number of quaternary nitrogens is 1. The molecule has 1 aliphatic rings. The second-order valence-corrected chi connectivity index (χ2v) is 5.36. The first-order valence-electron chi connectivity index (χ1n) is 6.11. The number of nitrogens with zero attached hydrogens (tertiary/aromatic N) is 2. The molecule has 5 nitrogen and oxygen atoms in total. The van der Waals surface area contributed by atoms with Gasteiger partial charge in [-0.15, -0.1) is 0 Å². The smallest absolute Gasteiger partial charge is 0.280 e. The van der Waals surface area contributed by atoms with Gasteiger partial charge in [0.25, 0.3) is 5.91 Å². The number of nitrogens with one attached hydrogen (secondary N) is 1. The second kappa shape index (κ2) is 4.87. The van der Waals surface area contributed by atoms with E-state index in [-0.39, 0.29) is 5.91 Å². The number of hydrogen-bond donors (Lipinski definition) is 1. The summed E-state index contributed by atoms with van der Waals surface area (Å²) >= 11 is 0. The van der Waals surface area contributed by atoms with E-state index in [1.54, 1.807) is 6.07 Å². The lowest BCUT2D eigenvalue weighted by molar-refractivity contribution is -0.909. The quantitative estimate of drug-likeness (QED) is 0.812. The van der Waals surface area contributed by atoms with Crippen molar-refractivity contribution in [2.75, 3.05) is 32.0 Å². The maximum Gasteiger partial charge on any atom is 0.280 e. The molecule has 1 saturated heterocycles. The first-order chi connectivity index (χ1) is 8.07. The number of aromatic nitrogens is 1. The highest BCUT2D eigenvalue weighted by Gasteiger charge is 2.31. The zero-order chi connectivity index (χ0) is 12.3. The van der Waals surface area contributed by atoms with Crippen molar-refractivity contribution in [3.05, 3.63) is 12.3 Å². The molecule has 2 heterocycles. The van der Waals surface area contributed by atoms with Crippen LogP contribution < -0.4 is 5.32 Å². The van der Waals surface area contributed by atoms with Gasteiger partial charge in [0.15, 0.2) is 12.4 Å². The van der Waals surface area contributed by atoms with E-state index in [4.69, 9.17) is 0 Å². The molecule has 1 amide bonds. The average Bonchev–Trinajstić information content (AvgIpc) is 2.68. The molecule has 1 aliphatic heterocycles. The minimum atomic E-state index is 0.00972. The fourth-order valence-corrected chi connectivity index (χ4v) is 2.71. The van der Waals surface area contributed by atoms with Crippen molar-refractivity contribution >= 4 is 11.7 Å². The summed E-state index contributed by atoms with van der Waals surface area (Å²) in [6, 6.07) is 1.65. The van der Waals surface area contributed by atoms with Crippen LogP contribution in [0.4, 0.5) is 5.82 Å². The van der Waals surface area contributed by atoms with Gasteiger partial charge in [-0.2, -0.15) is 0 Å². The molecule has 17 heavy (non-hydrogen) atoms. The molecule has 0 saturated carbocycles. The lowest BCUT2D eigenvalue weighted by Gasteiger charge is -2.39. The minimum absolute atomic E-state index is 0.00972. The number of piperidine rings is 1. The van der Waals surface area contributed by atoms with Crippen molar-refractivity contribution < 1.29 is 13.8 Å². The van der Waals surface area contributed by atoms with Crippen molar-refractivity contribution in [1.29, 1.82) is 0 Å². The maximum absolute atomic E-state index is 11.9. The number of hydrogen-bond acceptors (Lipinski definition) is 3. The Morgan fingerprint density at radius 1 is 1.71 bits per heavy atom. The number of amides is 1. The van der Waals surface area contributed by atoms with Crippen molar-refractivity contribution in [2.45, 2.75) is 19.8 Å². The van der Waals surface area contributed by atoms with Gasteiger partial charge in [-0.1, -0.05) is 12.1 Å². The number of likely N-dealkylation sites (N-methyl/N-ethyl adjacent to an activating group) is 1. The van der Waals surface area contributed by atoms with Crippen LogP contribution in [0.5, 0.6) is 0 Å². The molecule has 0 bridgehead atoms. The average molecular weight is 238 g/mol. The molecule has 1 fully saturated rings. The molecule has 1 unspecified atom stereocenters. The minimum Gasteiger partial charge on any atom is -0.363 e. The third kappa shape index (κ3) is 3.30. The monoisotopic (exact) mass is 238 g/mol. The third-order valence-electron chi connectivity index (χ3n) is 3.38. The van der Waals surface area contributed by atoms with E-state index in [2.05, 4.69) is 29.0 Å². The summed E-state index contributed by atoms with van der Waals surface area (Å²) in [5, 5.41) is 6.42. The highest BCUT2D eigenvalue weighted by Crippen LogP contribution is 2.21. The number of carbonyl (C=O) groups is 1. The molecule has 2 rings (SSSR count). The Kier molecular flexibility index (Phi) is 3.47. The first kappa shape index (κ1) is 12.1. The molecule has 0 radical (unpaired) electrons. The number of carbonyl (C=O) groups excluding carboxylic acids is 1. The van der Waals surface area contributed by atoms with Gasteiger partial charge in [-0.3, -0.25) is 4.79 Å². The van der Waals surface area contributed by atoms with Gasteiger partial charge in [0.2, 0.25) is 0 Å². The van der Waals surface area contributed by atoms with Crippen molar-refractivity contribution in [2.24, 2.45) is 5.92 Å². The Morgan fingerprint density at radius 3 is 3.18 bits per heavy atom. The Morgan fingerprint density at radius 2 is 2.53 bits per heavy atom. The summed E-state index contributed by atoms with van der Waals surface area (Å²) in [5.41, 5.74) is 0. The second-order valence-electron chi connectivity index (χ2n) is 5.36. The lowest BCUT2D eigenvalue weighted by Crippen LogP contribution is -2.54. The topological polar surface area (TPSA) is 55.1 Å². The molecule has 1 aromatic heterocycles. The Bertz CT molecular complexity index is 377. The van der Waals surface area contributed by atoms with Gasteiger partial charge in [0.05, 0.1) is 20.1 Å². The van der Waals surface area contributed by atoms with Gasteiger partial charge in [0, 0.05) is 12.0 Å². The van der Waals surface area contributed by atoms with Crippen molar-refractivity contribution in [3.8, 4) is 0 Å².